The normalized spacial score (nSPS) is 19.4. The number of amides is 2. The molecular formula is C10H16N2O6. The number of nitrogens with one attached hydrogen (secondary N) is 1. The van der Waals surface area contributed by atoms with Crippen LogP contribution in [0.5, 0.6) is 0 Å². The van der Waals surface area contributed by atoms with Gasteiger partial charge in [-0.05, 0) is 20.8 Å². The highest BCUT2D eigenvalue weighted by Gasteiger charge is 2.38. The average Bonchev–Trinajstić information content (AvgIpc) is 2.54. The van der Waals surface area contributed by atoms with Gasteiger partial charge in [0, 0.05) is 0 Å². The number of alkyl carbamates (subject to hydrolysis) is 1. The van der Waals surface area contributed by atoms with Crippen LogP contribution in [0, 0.1) is 0 Å². The lowest BCUT2D eigenvalue weighted by Gasteiger charge is -2.21. The Hall–Kier alpha value is -1.99. The molecule has 18 heavy (non-hydrogen) atoms. The lowest BCUT2D eigenvalue weighted by molar-refractivity contribution is -0.139. The highest BCUT2D eigenvalue weighted by molar-refractivity contribution is 5.84. The number of nitrogens with zero attached hydrogens (tertiary/aromatic N) is 1. The van der Waals surface area contributed by atoms with Crippen LogP contribution in [-0.4, -0.2) is 53.1 Å². The van der Waals surface area contributed by atoms with Crippen molar-refractivity contribution in [3.63, 3.8) is 0 Å². The van der Waals surface area contributed by atoms with Gasteiger partial charge in [0.25, 0.3) is 0 Å². The molecule has 0 unspecified atom stereocenters. The predicted octanol–water partition coefficient (Wildman–Crippen LogP) is 0.374. The molecule has 1 atom stereocenters. The molecule has 0 aromatic heterocycles. The Morgan fingerprint density at radius 3 is 2.67 bits per heavy atom. The average molecular weight is 260 g/mol. The topological polar surface area (TPSA) is 105 Å². The minimum Gasteiger partial charge on any atom is -0.465 e. The highest BCUT2D eigenvalue weighted by atomic mass is 16.6. The van der Waals surface area contributed by atoms with Crippen LogP contribution in [0.25, 0.3) is 0 Å². The van der Waals surface area contributed by atoms with E-state index in [-0.39, 0.29) is 13.3 Å². The van der Waals surface area contributed by atoms with Crippen molar-refractivity contribution in [1.82, 2.24) is 10.2 Å². The molecule has 2 amide bonds. The van der Waals surface area contributed by atoms with E-state index in [9.17, 15) is 14.4 Å². The second-order valence-corrected chi connectivity index (χ2v) is 4.74. The summed E-state index contributed by atoms with van der Waals surface area (Å²) >= 11 is 0. The third-order valence-corrected chi connectivity index (χ3v) is 2.08. The summed E-state index contributed by atoms with van der Waals surface area (Å²) in [4.78, 5) is 34.2. The third kappa shape index (κ3) is 3.79. The van der Waals surface area contributed by atoms with Crippen molar-refractivity contribution in [2.45, 2.75) is 32.4 Å². The van der Waals surface area contributed by atoms with E-state index >= 15 is 0 Å². The Balaban J connectivity index is 2.49. The Morgan fingerprint density at radius 1 is 1.56 bits per heavy atom. The van der Waals surface area contributed by atoms with E-state index in [1.165, 1.54) is 0 Å². The predicted molar refractivity (Wildman–Crippen MR) is 58.8 cm³/mol. The summed E-state index contributed by atoms with van der Waals surface area (Å²) in [6, 6.07) is -1.03. The molecule has 1 fully saturated rings. The summed E-state index contributed by atoms with van der Waals surface area (Å²) in [5.41, 5.74) is -0.660. The Labute approximate surface area is 104 Å². The lowest BCUT2D eigenvalue weighted by Crippen LogP contribution is -2.46. The molecule has 0 bridgehead atoms. The van der Waals surface area contributed by atoms with Crippen LogP contribution in [-0.2, 0) is 14.3 Å². The molecule has 0 aromatic rings. The number of hydrogen-bond acceptors (Lipinski definition) is 5. The van der Waals surface area contributed by atoms with Gasteiger partial charge in [-0.1, -0.05) is 0 Å². The number of ether oxygens (including phenoxy) is 2. The molecule has 8 nitrogen and oxygen atoms in total. The Kier molecular flexibility index (Phi) is 4.00. The molecule has 0 spiro atoms. The summed E-state index contributed by atoms with van der Waals surface area (Å²) in [7, 11) is 0. The van der Waals surface area contributed by atoms with Gasteiger partial charge in [0.15, 0.2) is 12.8 Å². The first-order valence-corrected chi connectivity index (χ1v) is 5.34. The maximum absolute atomic E-state index is 11.3. The van der Waals surface area contributed by atoms with Crippen molar-refractivity contribution in [2.75, 3.05) is 13.3 Å². The molecule has 0 radical (unpaired) electrons. The maximum Gasteiger partial charge on any atom is 0.410 e. The fourth-order valence-corrected chi connectivity index (χ4v) is 1.32. The molecule has 0 aliphatic carbocycles. The molecule has 102 valence electrons. The van der Waals surface area contributed by atoms with E-state index in [2.05, 4.69) is 10.1 Å². The second kappa shape index (κ2) is 5.11. The lowest BCUT2D eigenvalue weighted by atomic mass is 10.2. The SMILES string of the molecule is CC(C)(C)OC(=O)NC[C@H]1C(=O)OCN1C(=O)O. The van der Waals surface area contributed by atoms with E-state index in [4.69, 9.17) is 9.84 Å². The number of hydrogen-bond donors (Lipinski definition) is 2. The van der Waals surface area contributed by atoms with Crippen molar-refractivity contribution >= 4 is 18.2 Å². The van der Waals surface area contributed by atoms with Gasteiger partial charge in [-0.2, -0.15) is 0 Å². The van der Waals surface area contributed by atoms with Crippen molar-refractivity contribution in [2.24, 2.45) is 0 Å². The van der Waals surface area contributed by atoms with Crippen LogP contribution in [0.15, 0.2) is 0 Å². The van der Waals surface area contributed by atoms with Crippen LogP contribution >= 0.6 is 0 Å². The van der Waals surface area contributed by atoms with Crippen molar-refractivity contribution in [3.05, 3.63) is 0 Å². The number of cyclic esters (lactones) is 1. The fourth-order valence-electron chi connectivity index (χ4n) is 1.32. The summed E-state index contributed by atoms with van der Waals surface area (Å²) in [6.45, 7) is 4.58. The minimum atomic E-state index is -1.28. The molecule has 2 N–H and O–H groups in total. The van der Waals surface area contributed by atoms with E-state index in [1.54, 1.807) is 20.8 Å². The zero-order valence-corrected chi connectivity index (χ0v) is 10.4. The minimum absolute atomic E-state index is 0.181. The quantitative estimate of drug-likeness (QED) is 0.695. The van der Waals surface area contributed by atoms with Crippen LogP contribution in [0.4, 0.5) is 9.59 Å². The summed E-state index contributed by atoms with van der Waals surface area (Å²) in [5.74, 6) is -0.687. The van der Waals surface area contributed by atoms with Gasteiger partial charge >= 0.3 is 18.2 Å². The van der Waals surface area contributed by atoms with Gasteiger partial charge in [0.05, 0.1) is 6.54 Å². The van der Waals surface area contributed by atoms with Crippen molar-refractivity contribution in [1.29, 1.82) is 0 Å². The summed E-state index contributed by atoms with van der Waals surface area (Å²) in [6.07, 6.45) is -2.00. The monoisotopic (exact) mass is 260 g/mol. The van der Waals surface area contributed by atoms with Crippen LogP contribution < -0.4 is 5.32 Å². The van der Waals surface area contributed by atoms with E-state index in [0.29, 0.717) is 0 Å². The van der Waals surface area contributed by atoms with Gasteiger partial charge in [-0.25, -0.2) is 14.4 Å². The van der Waals surface area contributed by atoms with Crippen LogP contribution in [0.3, 0.4) is 0 Å². The first-order chi connectivity index (χ1) is 8.20. The first-order valence-electron chi connectivity index (χ1n) is 5.34. The van der Waals surface area contributed by atoms with Gasteiger partial charge in [-0.15, -0.1) is 0 Å². The number of esters is 1. The van der Waals surface area contributed by atoms with Crippen LogP contribution in [0.2, 0.25) is 0 Å². The largest absolute Gasteiger partial charge is 0.465 e. The Morgan fingerprint density at radius 2 is 2.17 bits per heavy atom. The molecule has 0 saturated carbocycles. The van der Waals surface area contributed by atoms with Crippen LogP contribution in [0.1, 0.15) is 20.8 Å². The van der Waals surface area contributed by atoms with Gasteiger partial charge < -0.3 is 19.9 Å². The molecule has 1 saturated heterocycles. The van der Waals surface area contributed by atoms with E-state index < -0.39 is 29.8 Å². The highest BCUT2D eigenvalue weighted by Crippen LogP contribution is 2.11. The number of carbonyl (C=O) groups excluding carboxylic acids is 2. The smallest absolute Gasteiger partial charge is 0.410 e. The standard InChI is InChI=1S/C10H16N2O6/c1-10(2,3)18-8(14)11-4-6-7(13)17-5-12(6)9(15)16/h6H,4-5H2,1-3H3,(H,11,14)(H,15,16)/t6-/m0/s1. The van der Waals surface area contributed by atoms with Crippen molar-refractivity contribution < 1.29 is 29.0 Å². The summed E-state index contributed by atoms with van der Waals surface area (Å²) < 4.78 is 9.55. The molecule has 1 rings (SSSR count). The first kappa shape index (κ1) is 14.1. The summed E-state index contributed by atoms with van der Waals surface area (Å²) in [5, 5.41) is 11.1. The Bertz CT molecular complexity index is 362. The zero-order chi connectivity index (χ0) is 13.9. The van der Waals surface area contributed by atoms with Gasteiger partial charge in [-0.3, -0.25) is 4.90 Å². The number of carbonyl (C=O) groups is 3. The zero-order valence-electron chi connectivity index (χ0n) is 10.4. The fraction of sp³-hybridized carbons (Fsp3) is 0.700. The number of rotatable bonds is 2. The molecule has 1 heterocycles. The van der Waals surface area contributed by atoms with Gasteiger partial charge in [0.2, 0.25) is 0 Å². The van der Waals surface area contributed by atoms with Gasteiger partial charge in [0.1, 0.15) is 5.60 Å². The maximum atomic E-state index is 11.3. The number of carboxylic acid groups (broad SMARTS) is 1. The molecule has 0 aromatic carbocycles. The van der Waals surface area contributed by atoms with Crippen molar-refractivity contribution in [3.8, 4) is 0 Å². The molecule has 8 heteroatoms. The molecular weight excluding hydrogens is 244 g/mol. The van der Waals surface area contributed by atoms with E-state index in [1.807, 2.05) is 0 Å². The molecule has 1 aliphatic rings. The van der Waals surface area contributed by atoms with E-state index in [0.717, 1.165) is 4.90 Å². The second-order valence-electron chi connectivity index (χ2n) is 4.74. The third-order valence-electron chi connectivity index (χ3n) is 2.08. The molecule has 1 aliphatic heterocycles.